The van der Waals surface area contributed by atoms with Gasteiger partial charge in [-0.2, -0.15) is 4.31 Å². The molecule has 3 saturated heterocycles. The smallest absolute Gasteiger partial charge is 0.243 e. The number of ether oxygens (including phenoxy) is 2. The molecule has 3 fully saturated rings. The van der Waals surface area contributed by atoms with Gasteiger partial charge < -0.3 is 19.3 Å². The molecular weight excluding hydrogens is 480 g/mol. The topological polar surface area (TPSA) is 91.3 Å². The minimum absolute atomic E-state index is 0.291. The van der Waals surface area contributed by atoms with Crippen LogP contribution in [0.4, 0.5) is 11.6 Å². The molecule has 5 rings (SSSR count). The number of benzene rings is 1. The molecule has 0 radical (unpaired) electrons. The molecule has 1 aromatic carbocycles. The van der Waals surface area contributed by atoms with Crippen LogP contribution in [0.3, 0.4) is 0 Å². The highest BCUT2D eigenvalue weighted by Gasteiger charge is 2.29. The molecule has 0 spiro atoms. The minimum atomic E-state index is -3.54. The molecule has 0 bridgehead atoms. The van der Waals surface area contributed by atoms with Crippen molar-refractivity contribution in [3.63, 3.8) is 0 Å². The van der Waals surface area contributed by atoms with Gasteiger partial charge in [0.15, 0.2) is 11.6 Å². The summed E-state index contributed by atoms with van der Waals surface area (Å²) < 4.78 is 38.9. The van der Waals surface area contributed by atoms with E-state index in [0.717, 1.165) is 51.0 Å². The summed E-state index contributed by atoms with van der Waals surface area (Å²) in [7, 11) is -3.54. The van der Waals surface area contributed by atoms with Crippen LogP contribution in [0.2, 0.25) is 0 Å². The van der Waals surface area contributed by atoms with Gasteiger partial charge in [0.1, 0.15) is 5.75 Å². The van der Waals surface area contributed by atoms with E-state index in [-0.39, 0.29) is 0 Å². The van der Waals surface area contributed by atoms with Crippen LogP contribution in [0.5, 0.6) is 5.75 Å². The lowest BCUT2D eigenvalue weighted by atomic mass is 10.2. The quantitative estimate of drug-likeness (QED) is 0.520. The molecule has 11 heteroatoms. The monoisotopic (exact) mass is 516 g/mol. The predicted molar refractivity (Wildman–Crippen MR) is 138 cm³/mol. The Balaban J connectivity index is 1.12. The molecule has 3 aliphatic rings. The van der Waals surface area contributed by atoms with Gasteiger partial charge in [0.25, 0.3) is 0 Å². The fourth-order valence-electron chi connectivity index (χ4n) is 5.07. The van der Waals surface area contributed by atoms with Crippen molar-refractivity contribution in [3.8, 4) is 5.75 Å². The lowest BCUT2D eigenvalue weighted by Gasteiger charge is -2.36. The van der Waals surface area contributed by atoms with Gasteiger partial charge in [0.05, 0.1) is 17.6 Å². The highest BCUT2D eigenvalue weighted by molar-refractivity contribution is 7.89. The first-order valence-corrected chi connectivity index (χ1v) is 14.4. The van der Waals surface area contributed by atoms with E-state index in [4.69, 9.17) is 9.47 Å². The van der Waals surface area contributed by atoms with E-state index >= 15 is 0 Å². The van der Waals surface area contributed by atoms with Gasteiger partial charge in [-0.1, -0.05) is 0 Å². The third-order valence-corrected chi connectivity index (χ3v) is 9.07. The summed E-state index contributed by atoms with van der Waals surface area (Å²) in [5.74, 6) is 2.35. The van der Waals surface area contributed by atoms with Crippen molar-refractivity contribution in [1.82, 2.24) is 19.4 Å². The molecular formula is C25H36N6O4S. The maximum absolute atomic E-state index is 13.1. The molecule has 10 nitrogen and oxygen atoms in total. The molecule has 1 unspecified atom stereocenters. The number of anilines is 2. The van der Waals surface area contributed by atoms with Crippen LogP contribution in [-0.2, 0) is 14.8 Å². The van der Waals surface area contributed by atoms with E-state index in [1.54, 1.807) is 24.3 Å². The van der Waals surface area contributed by atoms with Gasteiger partial charge in [-0.05, 0) is 56.2 Å². The Bertz CT molecular complexity index is 1080. The highest BCUT2D eigenvalue weighted by atomic mass is 32.2. The van der Waals surface area contributed by atoms with Crippen molar-refractivity contribution in [3.05, 3.63) is 36.4 Å². The Labute approximate surface area is 213 Å². The fraction of sp³-hybridized carbons (Fsp3) is 0.600. The zero-order valence-electron chi connectivity index (χ0n) is 21.0. The third-order valence-electron chi connectivity index (χ3n) is 7.15. The Morgan fingerprint density at radius 2 is 1.50 bits per heavy atom. The largest absolute Gasteiger partial charge is 0.494 e. The van der Waals surface area contributed by atoms with Gasteiger partial charge in [-0.15, -0.1) is 10.2 Å². The van der Waals surface area contributed by atoms with E-state index in [1.807, 2.05) is 19.1 Å². The average Bonchev–Trinajstić information content (AvgIpc) is 3.43. The van der Waals surface area contributed by atoms with Crippen molar-refractivity contribution in [2.75, 3.05) is 81.9 Å². The maximum atomic E-state index is 13.1. The molecule has 1 aromatic heterocycles. The molecule has 196 valence electrons. The summed E-state index contributed by atoms with van der Waals surface area (Å²) in [6, 6.07) is 10.7. The van der Waals surface area contributed by atoms with Crippen molar-refractivity contribution in [1.29, 1.82) is 0 Å². The minimum Gasteiger partial charge on any atom is -0.494 e. The van der Waals surface area contributed by atoms with E-state index < -0.39 is 10.0 Å². The van der Waals surface area contributed by atoms with Crippen LogP contribution in [-0.4, -0.2) is 106 Å². The van der Waals surface area contributed by atoms with Crippen molar-refractivity contribution < 1.29 is 17.9 Å². The molecule has 0 saturated carbocycles. The van der Waals surface area contributed by atoms with Crippen molar-refractivity contribution in [2.24, 2.45) is 0 Å². The van der Waals surface area contributed by atoms with E-state index in [1.165, 1.54) is 17.1 Å². The number of nitrogens with zero attached hydrogens (tertiary/aromatic N) is 6. The lowest BCUT2D eigenvalue weighted by molar-refractivity contribution is 0.0712. The number of hydrogen-bond acceptors (Lipinski definition) is 9. The van der Waals surface area contributed by atoms with E-state index in [9.17, 15) is 8.42 Å². The lowest BCUT2D eigenvalue weighted by Crippen LogP contribution is -2.49. The van der Waals surface area contributed by atoms with Crippen molar-refractivity contribution >= 4 is 21.7 Å². The van der Waals surface area contributed by atoms with Gasteiger partial charge in [0, 0.05) is 65.5 Å². The second-order valence-corrected chi connectivity index (χ2v) is 11.4. The molecule has 0 N–H and O–H groups in total. The molecule has 2 aromatic rings. The Hall–Kier alpha value is -2.47. The van der Waals surface area contributed by atoms with Gasteiger partial charge in [-0.25, -0.2) is 8.42 Å². The number of rotatable bonds is 8. The van der Waals surface area contributed by atoms with Gasteiger partial charge >= 0.3 is 0 Å². The first kappa shape index (κ1) is 25.2. The summed E-state index contributed by atoms with van der Waals surface area (Å²) in [6.45, 7) is 10.2. The number of piperazine rings is 2. The summed E-state index contributed by atoms with van der Waals surface area (Å²) >= 11 is 0. The second-order valence-electron chi connectivity index (χ2n) is 9.47. The summed E-state index contributed by atoms with van der Waals surface area (Å²) in [5.41, 5.74) is 0. The first-order chi connectivity index (χ1) is 17.5. The van der Waals surface area contributed by atoms with E-state index in [2.05, 4.69) is 24.9 Å². The number of hydrogen-bond donors (Lipinski definition) is 0. The summed E-state index contributed by atoms with van der Waals surface area (Å²) in [4.78, 5) is 7.15. The Kier molecular flexibility index (Phi) is 7.90. The average molecular weight is 517 g/mol. The van der Waals surface area contributed by atoms with Crippen LogP contribution in [0.1, 0.15) is 19.8 Å². The van der Waals surface area contributed by atoms with Crippen LogP contribution < -0.4 is 14.5 Å². The standard InChI is InChI=1S/C25H36N6O4S/c1-2-34-21-5-7-23(8-6-21)36(32,33)31-17-15-30(16-18-31)25-10-9-24(26-27-25)29-13-11-28(12-14-29)20-22-4-3-19-35-22/h5-10,22H,2-4,11-20H2,1H3. The zero-order chi connectivity index (χ0) is 25.0. The van der Waals surface area contributed by atoms with Crippen LogP contribution in [0.15, 0.2) is 41.3 Å². The Morgan fingerprint density at radius 3 is 2.03 bits per heavy atom. The normalized spacial score (nSPS) is 22.2. The highest BCUT2D eigenvalue weighted by Crippen LogP contribution is 2.23. The Morgan fingerprint density at radius 1 is 0.889 bits per heavy atom. The second kappa shape index (κ2) is 11.3. The molecule has 36 heavy (non-hydrogen) atoms. The summed E-state index contributed by atoms with van der Waals surface area (Å²) in [6.07, 6.45) is 2.75. The van der Waals surface area contributed by atoms with Gasteiger partial charge in [-0.3, -0.25) is 4.90 Å². The SMILES string of the molecule is CCOc1ccc(S(=O)(=O)N2CCN(c3ccc(N4CCN(CC5CCCO5)CC4)nn3)CC2)cc1. The first-order valence-electron chi connectivity index (χ1n) is 12.9. The van der Waals surface area contributed by atoms with Crippen LogP contribution >= 0.6 is 0 Å². The predicted octanol–water partition coefficient (Wildman–Crippen LogP) is 1.69. The number of aromatic nitrogens is 2. The zero-order valence-corrected chi connectivity index (χ0v) is 21.8. The van der Waals surface area contributed by atoms with Crippen molar-refractivity contribution in [2.45, 2.75) is 30.8 Å². The van der Waals surface area contributed by atoms with Gasteiger partial charge in [0.2, 0.25) is 10.0 Å². The van der Waals surface area contributed by atoms with Crippen LogP contribution in [0, 0.1) is 0 Å². The van der Waals surface area contributed by atoms with Crippen LogP contribution in [0.25, 0.3) is 0 Å². The van der Waals surface area contributed by atoms with E-state index in [0.29, 0.717) is 49.5 Å². The fourth-order valence-corrected chi connectivity index (χ4v) is 6.49. The molecule has 3 aliphatic heterocycles. The summed E-state index contributed by atoms with van der Waals surface area (Å²) in [5, 5.41) is 8.96. The molecule has 4 heterocycles. The molecule has 1 atom stereocenters. The molecule has 0 amide bonds. The maximum Gasteiger partial charge on any atom is 0.243 e. The number of sulfonamides is 1. The molecule has 0 aliphatic carbocycles. The third kappa shape index (κ3) is 5.74.